The topological polar surface area (TPSA) is 55.0 Å². The Morgan fingerprint density at radius 1 is 1.15 bits per heavy atom. The first-order chi connectivity index (χ1) is 9.58. The van der Waals surface area contributed by atoms with Crippen molar-refractivity contribution in [3.63, 3.8) is 0 Å². The highest BCUT2D eigenvalue weighted by Crippen LogP contribution is 2.13. The van der Waals surface area contributed by atoms with Crippen molar-refractivity contribution in [3.8, 4) is 0 Å². The first-order valence-electron chi connectivity index (χ1n) is 7.91. The Kier molecular flexibility index (Phi) is 7.52. The van der Waals surface area contributed by atoms with E-state index < -0.39 is 0 Å². The van der Waals surface area contributed by atoms with Crippen LogP contribution in [0, 0.1) is 0 Å². The quantitative estimate of drug-likeness (QED) is 0.705. The predicted octanol–water partition coefficient (Wildman–Crippen LogP) is 3.16. The van der Waals surface area contributed by atoms with Crippen molar-refractivity contribution in [1.82, 2.24) is 9.97 Å². The van der Waals surface area contributed by atoms with Gasteiger partial charge in [0.2, 0.25) is 5.95 Å². The minimum absolute atomic E-state index is 0.204. The average molecular weight is 278 g/mol. The van der Waals surface area contributed by atoms with Crippen LogP contribution in [0.2, 0.25) is 0 Å². The zero-order chi connectivity index (χ0) is 15.0. The highest BCUT2D eigenvalue weighted by Gasteiger charge is 2.13. The van der Waals surface area contributed by atoms with Crippen LogP contribution in [-0.4, -0.2) is 28.6 Å². The van der Waals surface area contributed by atoms with Crippen LogP contribution in [0.4, 0.5) is 5.95 Å². The Hall–Kier alpha value is -1.16. The van der Waals surface area contributed by atoms with Crippen molar-refractivity contribution in [2.24, 2.45) is 5.73 Å². The number of anilines is 1. The maximum absolute atomic E-state index is 5.97. The lowest BCUT2D eigenvalue weighted by atomic mass is 10.1. The van der Waals surface area contributed by atoms with E-state index in [9.17, 15) is 0 Å². The van der Waals surface area contributed by atoms with Gasteiger partial charge in [0.05, 0.1) is 0 Å². The van der Waals surface area contributed by atoms with Gasteiger partial charge < -0.3 is 10.6 Å². The molecule has 2 N–H and O–H groups in total. The van der Waals surface area contributed by atoms with Gasteiger partial charge in [-0.2, -0.15) is 0 Å². The molecule has 0 fully saturated rings. The minimum Gasteiger partial charge on any atom is -0.338 e. The van der Waals surface area contributed by atoms with Crippen LogP contribution in [0.25, 0.3) is 0 Å². The summed E-state index contributed by atoms with van der Waals surface area (Å²) in [4.78, 5) is 11.3. The fraction of sp³-hybridized carbons (Fsp3) is 0.750. The van der Waals surface area contributed by atoms with Gasteiger partial charge in [0.15, 0.2) is 0 Å². The molecule has 1 atom stereocenters. The van der Waals surface area contributed by atoms with Crippen molar-refractivity contribution in [3.05, 3.63) is 18.0 Å². The largest absolute Gasteiger partial charge is 0.338 e. The second kappa shape index (κ2) is 8.90. The summed E-state index contributed by atoms with van der Waals surface area (Å²) in [6, 6.07) is 0.630. The van der Waals surface area contributed by atoms with Crippen LogP contribution >= 0.6 is 0 Å². The van der Waals surface area contributed by atoms with Gasteiger partial charge in [-0.3, -0.25) is 0 Å². The highest BCUT2D eigenvalue weighted by atomic mass is 15.3. The molecule has 0 saturated heterocycles. The normalized spacial score (nSPS) is 12.7. The SMILES string of the molecule is CCCCCN(c1ncc(CC(N)CC)cn1)C(C)C. The van der Waals surface area contributed by atoms with Crippen LogP contribution in [0.1, 0.15) is 58.9 Å². The van der Waals surface area contributed by atoms with Crippen LogP contribution < -0.4 is 10.6 Å². The average Bonchev–Trinajstić information content (AvgIpc) is 2.44. The molecule has 4 heteroatoms. The van der Waals surface area contributed by atoms with E-state index >= 15 is 0 Å². The highest BCUT2D eigenvalue weighted by molar-refractivity contribution is 5.31. The van der Waals surface area contributed by atoms with Gasteiger partial charge in [0, 0.05) is 31.0 Å². The van der Waals surface area contributed by atoms with E-state index in [1.165, 1.54) is 19.3 Å². The summed E-state index contributed by atoms with van der Waals surface area (Å²) in [6.45, 7) is 9.74. The smallest absolute Gasteiger partial charge is 0.225 e. The molecule has 114 valence electrons. The molecule has 1 aromatic heterocycles. The molecule has 1 heterocycles. The van der Waals surface area contributed by atoms with Gasteiger partial charge >= 0.3 is 0 Å². The monoisotopic (exact) mass is 278 g/mol. The number of rotatable bonds is 9. The summed E-state index contributed by atoms with van der Waals surface area (Å²) >= 11 is 0. The second-order valence-corrected chi connectivity index (χ2v) is 5.76. The number of aromatic nitrogens is 2. The van der Waals surface area contributed by atoms with E-state index in [0.29, 0.717) is 6.04 Å². The van der Waals surface area contributed by atoms with Crippen LogP contribution in [-0.2, 0) is 6.42 Å². The van der Waals surface area contributed by atoms with E-state index in [2.05, 4.69) is 42.6 Å². The lowest BCUT2D eigenvalue weighted by molar-refractivity contribution is 0.609. The van der Waals surface area contributed by atoms with Gasteiger partial charge in [-0.15, -0.1) is 0 Å². The number of nitrogens with zero attached hydrogens (tertiary/aromatic N) is 3. The molecule has 20 heavy (non-hydrogen) atoms. The molecule has 0 aromatic carbocycles. The van der Waals surface area contributed by atoms with Gasteiger partial charge in [-0.25, -0.2) is 9.97 Å². The van der Waals surface area contributed by atoms with Crippen molar-refractivity contribution in [2.45, 2.75) is 71.9 Å². The summed E-state index contributed by atoms with van der Waals surface area (Å²) in [5, 5.41) is 0. The maximum Gasteiger partial charge on any atom is 0.225 e. The molecule has 0 aliphatic carbocycles. The Labute approximate surface area is 123 Å². The van der Waals surface area contributed by atoms with Crippen molar-refractivity contribution in [2.75, 3.05) is 11.4 Å². The summed E-state index contributed by atoms with van der Waals surface area (Å²) in [5.74, 6) is 0.838. The number of unbranched alkanes of at least 4 members (excludes halogenated alkanes) is 2. The molecule has 0 bridgehead atoms. The van der Waals surface area contributed by atoms with Crippen LogP contribution in [0.15, 0.2) is 12.4 Å². The van der Waals surface area contributed by atoms with E-state index in [1.54, 1.807) is 0 Å². The maximum atomic E-state index is 5.97. The molecule has 0 saturated carbocycles. The van der Waals surface area contributed by atoms with E-state index in [0.717, 1.165) is 30.9 Å². The summed E-state index contributed by atoms with van der Waals surface area (Å²) in [7, 11) is 0. The lowest BCUT2D eigenvalue weighted by Crippen LogP contribution is -2.33. The predicted molar refractivity (Wildman–Crippen MR) is 86.0 cm³/mol. The first-order valence-corrected chi connectivity index (χ1v) is 7.91. The third kappa shape index (κ3) is 5.45. The standard InChI is InChI=1S/C16H30N4/c1-5-7-8-9-20(13(3)4)16-18-11-14(12-19-16)10-15(17)6-2/h11-13,15H,5-10,17H2,1-4H3. The third-order valence-corrected chi connectivity index (χ3v) is 3.60. The Bertz CT molecular complexity index is 361. The fourth-order valence-corrected chi connectivity index (χ4v) is 2.17. The van der Waals surface area contributed by atoms with Gasteiger partial charge in [0.1, 0.15) is 0 Å². The Morgan fingerprint density at radius 3 is 2.30 bits per heavy atom. The molecule has 1 aromatic rings. The third-order valence-electron chi connectivity index (χ3n) is 3.60. The van der Waals surface area contributed by atoms with Crippen LogP contribution in [0.3, 0.4) is 0 Å². The molecular formula is C16H30N4. The zero-order valence-electron chi connectivity index (χ0n) is 13.5. The van der Waals surface area contributed by atoms with Crippen molar-refractivity contribution in [1.29, 1.82) is 0 Å². The molecule has 1 rings (SSSR count). The summed E-state index contributed by atoms with van der Waals surface area (Å²) < 4.78 is 0. The molecule has 0 aliphatic rings. The van der Waals surface area contributed by atoms with Gasteiger partial charge in [-0.05, 0) is 38.7 Å². The molecule has 0 amide bonds. The molecular weight excluding hydrogens is 248 g/mol. The molecule has 1 unspecified atom stereocenters. The van der Waals surface area contributed by atoms with Gasteiger partial charge in [-0.1, -0.05) is 26.7 Å². The van der Waals surface area contributed by atoms with Crippen molar-refractivity contribution >= 4 is 5.95 Å². The molecule has 4 nitrogen and oxygen atoms in total. The number of nitrogens with two attached hydrogens (primary N) is 1. The van der Waals surface area contributed by atoms with E-state index in [4.69, 9.17) is 5.73 Å². The zero-order valence-corrected chi connectivity index (χ0v) is 13.5. The Balaban J connectivity index is 2.67. The molecule has 0 aliphatic heterocycles. The molecule has 0 radical (unpaired) electrons. The first kappa shape index (κ1) is 16.9. The number of hydrogen-bond acceptors (Lipinski definition) is 4. The van der Waals surface area contributed by atoms with E-state index in [1.807, 2.05) is 12.4 Å². The van der Waals surface area contributed by atoms with Crippen LogP contribution in [0.5, 0.6) is 0 Å². The lowest BCUT2D eigenvalue weighted by Gasteiger charge is -2.26. The minimum atomic E-state index is 0.204. The van der Waals surface area contributed by atoms with E-state index in [-0.39, 0.29) is 6.04 Å². The summed E-state index contributed by atoms with van der Waals surface area (Å²) in [5.41, 5.74) is 7.09. The second-order valence-electron chi connectivity index (χ2n) is 5.76. The fourth-order valence-electron chi connectivity index (χ4n) is 2.17. The van der Waals surface area contributed by atoms with Crippen molar-refractivity contribution < 1.29 is 0 Å². The summed E-state index contributed by atoms with van der Waals surface area (Å²) in [6.07, 6.45) is 9.37. The Morgan fingerprint density at radius 2 is 1.80 bits per heavy atom. The van der Waals surface area contributed by atoms with Gasteiger partial charge in [0.25, 0.3) is 0 Å². The molecule has 0 spiro atoms. The number of hydrogen-bond donors (Lipinski definition) is 1.